The van der Waals surface area contributed by atoms with Gasteiger partial charge in [0.15, 0.2) is 0 Å². The molecule has 0 amide bonds. The van der Waals surface area contributed by atoms with Crippen LogP contribution in [0.2, 0.25) is 0 Å². The molecule has 0 bridgehead atoms. The molecule has 0 aromatic carbocycles. The van der Waals surface area contributed by atoms with E-state index in [1.165, 1.54) is 22.1 Å². The second kappa shape index (κ2) is 2.48. The van der Waals surface area contributed by atoms with Crippen LogP contribution in [-0.2, 0) is 12.8 Å². The lowest BCUT2D eigenvalue weighted by Crippen LogP contribution is -1.76. The number of fused-ring (bicyclic) bond motifs is 1. The van der Waals surface area contributed by atoms with Gasteiger partial charge in [-0.3, -0.25) is 0 Å². The molecule has 0 aliphatic heterocycles. The summed E-state index contributed by atoms with van der Waals surface area (Å²) in [6, 6.07) is 0. The number of thiophene rings is 1. The molecular formula is C8H9IS. The van der Waals surface area contributed by atoms with Crippen LogP contribution in [0.1, 0.15) is 22.4 Å². The summed E-state index contributed by atoms with van der Waals surface area (Å²) in [5.74, 6) is 0. The molecule has 0 radical (unpaired) electrons. The van der Waals surface area contributed by atoms with Crippen molar-refractivity contribution in [2.24, 2.45) is 0 Å². The number of hydrogen-bond donors (Lipinski definition) is 0. The van der Waals surface area contributed by atoms with Gasteiger partial charge < -0.3 is 0 Å². The van der Waals surface area contributed by atoms with E-state index in [4.69, 9.17) is 0 Å². The van der Waals surface area contributed by atoms with Gasteiger partial charge in [0.1, 0.15) is 0 Å². The highest BCUT2D eigenvalue weighted by atomic mass is 127. The van der Waals surface area contributed by atoms with Crippen molar-refractivity contribution in [2.45, 2.75) is 26.2 Å². The van der Waals surface area contributed by atoms with Crippen LogP contribution in [0, 0.1) is 9.81 Å². The maximum atomic E-state index is 2.47. The summed E-state index contributed by atoms with van der Waals surface area (Å²) in [5, 5.41) is 0. The number of halogens is 1. The maximum absolute atomic E-state index is 2.47. The van der Waals surface area contributed by atoms with Gasteiger partial charge in [-0.2, -0.15) is 0 Å². The summed E-state index contributed by atoms with van der Waals surface area (Å²) < 4.78 is 1.53. The molecule has 10 heavy (non-hydrogen) atoms. The lowest BCUT2D eigenvalue weighted by molar-refractivity contribution is 0.908. The van der Waals surface area contributed by atoms with Crippen molar-refractivity contribution in [3.05, 3.63) is 18.9 Å². The van der Waals surface area contributed by atoms with Crippen LogP contribution < -0.4 is 0 Å². The van der Waals surface area contributed by atoms with Crippen molar-refractivity contribution in [1.29, 1.82) is 0 Å². The molecule has 1 heterocycles. The van der Waals surface area contributed by atoms with Crippen molar-refractivity contribution in [3.63, 3.8) is 0 Å². The average molecular weight is 264 g/mol. The molecule has 0 N–H and O–H groups in total. The minimum Gasteiger partial charge on any atom is -0.134 e. The summed E-state index contributed by atoms with van der Waals surface area (Å²) in [5.41, 5.74) is 3.32. The SMILES string of the molecule is Cc1sc(I)c2c1CCC2. The lowest BCUT2D eigenvalue weighted by atomic mass is 10.2. The van der Waals surface area contributed by atoms with E-state index in [1.54, 1.807) is 16.0 Å². The highest BCUT2D eigenvalue weighted by Crippen LogP contribution is 2.35. The van der Waals surface area contributed by atoms with E-state index in [2.05, 4.69) is 29.5 Å². The van der Waals surface area contributed by atoms with Crippen LogP contribution in [0.25, 0.3) is 0 Å². The Morgan fingerprint density at radius 2 is 2.00 bits per heavy atom. The summed E-state index contributed by atoms with van der Waals surface area (Å²) in [6.45, 7) is 2.25. The standard InChI is InChI=1S/C8H9IS/c1-5-6-3-2-4-7(6)8(9)10-5/h2-4H2,1H3. The first kappa shape index (κ1) is 7.10. The van der Waals surface area contributed by atoms with Gasteiger partial charge in [0.05, 0.1) is 2.88 Å². The third-order valence-electron chi connectivity index (χ3n) is 2.12. The molecule has 0 nitrogen and oxygen atoms in total. The van der Waals surface area contributed by atoms with Crippen LogP contribution in [0.3, 0.4) is 0 Å². The third kappa shape index (κ3) is 0.925. The van der Waals surface area contributed by atoms with E-state index in [-0.39, 0.29) is 0 Å². The molecule has 54 valence electrons. The minimum atomic E-state index is 1.33. The Balaban J connectivity index is 2.61. The summed E-state index contributed by atoms with van der Waals surface area (Å²) in [6.07, 6.45) is 4.05. The Labute approximate surface area is 78.8 Å². The molecule has 0 spiro atoms. The molecule has 1 aliphatic carbocycles. The first-order valence-electron chi connectivity index (χ1n) is 3.55. The van der Waals surface area contributed by atoms with Crippen LogP contribution in [0.15, 0.2) is 0 Å². The van der Waals surface area contributed by atoms with E-state index in [0.717, 1.165) is 0 Å². The Morgan fingerprint density at radius 1 is 1.30 bits per heavy atom. The Hall–Kier alpha value is 0.430. The van der Waals surface area contributed by atoms with Crippen molar-refractivity contribution in [3.8, 4) is 0 Å². The van der Waals surface area contributed by atoms with Crippen molar-refractivity contribution < 1.29 is 0 Å². The van der Waals surface area contributed by atoms with Crippen LogP contribution in [0.4, 0.5) is 0 Å². The van der Waals surface area contributed by atoms with Gasteiger partial charge >= 0.3 is 0 Å². The summed E-state index contributed by atoms with van der Waals surface area (Å²) >= 11 is 4.42. The lowest BCUT2D eigenvalue weighted by Gasteiger charge is -1.87. The van der Waals surface area contributed by atoms with E-state index in [1.807, 2.05) is 11.3 Å². The molecule has 2 heteroatoms. The summed E-state index contributed by atoms with van der Waals surface area (Å²) in [4.78, 5) is 1.55. The molecular weight excluding hydrogens is 255 g/mol. The van der Waals surface area contributed by atoms with Crippen molar-refractivity contribution in [2.75, 3.05) is 0 Å². The Kier molecular flexibility index (Phi) is 1.76. The van der Waals surface area contributed by atoms with Gasteiger partial charge in [-0.1, -0.05) is 0 Å². The fraction of sp³-hybridized carbons (Fsp3) is 0.500. The molecule has 0 unspecified atom stereocenters. The van der Waals surface area contributed by atoms with Gasteiger partial charge in [-0.15, -0.1) is 11.3 Å². The normalized spacial score (nSPS) is 15.8. The van der Waals surface area contributed by atoms with Crippen LogP contribution >= 0.6 is 33.9 Å². The van der Waals surface area contributed by atoms with Gasteiger partial charge in [0.25, 0.3) is 0 Å². The highest BCUT2D eigenvalue weighted by molar-refractivity contribution is 14.1. The smallest absolute Gasteiger partial charge is 0.0691 e. The zero-order chi connectivity index (χ0) is 7.14. The first-order chi connectivity index (χ1) is 4.79. The number of hydrogen-bond acceptors (Lipinski definition) is 1. The molecule has 0 saturated carbocycles. The molecule has 0 saturated heterocycles. The predicted molar refractivity (Wildman–Crippen MR) is 53.8 cm³/mol. The van der Waals surface area contributed by atoms with Crippen LogP contribution in [-0.4, -0.2) is 0 Å². The number of aryl methyl sites for hydroxylation is 1. The van der Waals surface area contributed by atoms with E-state index < -0.39 is 0 Å². The van der Waals surface area contributed by atoms with Gasteiger partial charge in [-0.05, 0) is 59.9 Å². The van der Waals surface area contributed by atoms with E-state index in [0.29, 0.717) is 0 Å². The van der Waals surface area contributed by atoms with E-state index in [9.17, 15) is 0 Å². The highest BCUT2D eigenvalue weighted by Gasteiger charge is 2.18. The van der Waals surface area contributed by atoms with Crippen molar-refractivity contribution in [1.82, 2.24) is 0 Å². The maximum Gasteiger partial charge on any atom is 0.0691 e. The topological polar surface area (TPSA) is 0 Å². The molecule has 0 atom stereocenters. The fourth-order valence-electron chi connectivity index (χ4n) is 1.61. The molecule has 1 aliphatic rings. The number of rotatable bonds is 0. The largest absolute Gasteiger partial charge is 0.134 e. The monoisotopic (exact) mass is 264 g/mol. The Bertz CT molecular complexity index is 238. The minimum absolute atomic E-state index is 1.33. The van der Waals surface area contributed by atoms with Gasteiger partial charge in [0.2, 0.25) is 0 Å². The molecule has 0 fully saturated rings. The zero-order valence-electron chi connectivity index (χ0n) is 5.91. The third-order valence-corrected chi connectivity index (χ3v) is 4.41. The Morgan fingerprint density at radius 3 is 2.70 bits per heavy atom. The predicted octanol–water partition coefficient (Wildman–Crippen LogP) is 3.15. The van der Waals surface area contributed by atoms with Gasteiger partial charge in [0, 0.05) is 4.88 Å². The van der Waals surface area contributed by atoms with Crippen LogP contribution in [0.5, 0.6) is 0 Å². The average Bonchev–Trinajstić information content (AvgIpc) is 2.39. The second-order valence-electron chi connectivity index (χ2n) is 2.74. The fourth-order valence-corrected chi connectivity index (χ4v) is 4.16. The molecule has 2 rings (SSSR count). The van der Waals surface area contributed by atoms with Gasteiger partial charge in [-0.25, -0.2) is 0 Å². The van der Waals surface area contributed by atoms with Crippen molar-refractivity contribution >= 4 is 33.9 Å². The second-order valence-corrected chi connectivity index (χ2v) is 5.78. The molecule has 1 aromatic rings. The molecule has 1 aromatic heterocycles. The van der Waals surface area contributed by atoms with E-state index >= 15 is 0 Å². The summed E-state index contributed by atoms with van der Waals surface area (Å²) in [7, 11) is 0. The first-order valence-corrected chi connectivity index (χ1v) is 5.45. The zero-order valence-corrected chi connectivity index (χ0v) is 8.88. The quantitative estimate of drug-likeness (QED) is 0.631.